The number of hydrogen-bond donors (Lipinski definition) is 0. The molecular formula is C10H11FO3. The molecule has 1 unspecified atom stereocenters. The minimum absolute atomic E-state index is 0.182. The Bertz CT molecular complexity index is 325. The summed E-state index contributed by atoms with van der Waals surface area (Å²) in [6.07, 6.45) is -1.80. The number of halogens is 1. The van der Waals surface area contributed by atoms with E-state index in [9.17, 15) is 9.18 Å². The molecule has 0 heterocycles. The van der Waals surface area contributed by atoms with Gasteiger partial charge in [0.15, 0.2) is 0 Å². The van der Waals surface area contributed by atoms with Gasteiger partial charge in [0.2, 0.25) is 6.17 Å². The molecule has 0 spiro atoms. The zero-order valence-corrected chi connectivity index (χ0v) is 7.99. The number of carbonyl (C=O) groups excluding carboxylic acids is 1. The fraction of sp³-hybridized carbons (Fsp3) is 0.300. The van der Waals surface area contributed by atoms with Gasteiger partial charge in [-0.05, 0) is 6.07 Å². The second-order valence-corrected chi connectivity index (χ2v) is 2.63. The lowest BCUT2D eigenvalue weighted by Gasteiger charge is -2.10. The van der Waals surface area contributed by atoms with E-state index in [4.69, 9.17) is 4.74 Å². The summed E-state index contributed by atoms with van der Waals surface area (Å²) < 4.78 is 22.6. The highest BCUT2D eigenvalue weighted by Gasteiger charge is 2.23. The van der Waals surface area contributed by atoms with Crippen molar-refractivity contribution >= 4 is 5.97 Å². The van der Waals surface area contributed by atoms with Gasteiger partial charge in [-0.3, -0.25) is 0 Å². The first-order chi connectivity index (χ1) is 6.70. The summed E-state index contributed by atoms with van der Waals surface area (Å²) >= 11 is 0. The molecule has 14 heavy (non-hydrogen) atoms. The Kier molecular flexibility index (Phi) is 3.45. The van der Waals surface area contributed by atoms with Gasteiger partial charge in [0.05, 0.1) is 14.2 Å². The lowest BCUT2D eigenvalue weighted by Crippen LogP contribution is -2.10. The smallest absolute Gasteiger partial charge is 0.345 e. The van der Waals surface area contributed by atoms with Crippen LogP contribution in [-0.2, 0) is 9.53 Å². The summed E-state index contributed by atoms with van der Waals surface area (Å²) in [6.45, 7) is 0. The van der Waals surface area contributed by atoms with Crippen LogP contribution in [-0.4, -0.2) is 20.2 Å². The van der Waals surface area contributed by atoms with Crippen LogP contribution in [0, 0.1) is 0 Å². The van der Waals surface area contributed by atoms with Crippen molar-refractivity contribution in [3.8, 4) is 5.75 Å². The third-order valence-electron chi connectivity index (χ3n) is 1.82. The predicted molar refractivity (Wildman–Crippen MR) is 48.9 cm³/mol. The van der Waals surface area contributed by atoms with Gasteiger partial charge in [0, 0.05) is 5.56 Å². The predicted octanol–water partition coefficient (Wildman–Crippen LogP) is 1.88. The lowest BCUT2D eigenvalue weighted by atomic mass is 10.1. The molecule has 0 saturated carbocycles. The summed E-state index contributed by atoms with van der Waals surface area (Å²) in [5, 5.41) is 0. The number of hydrogen-bond acceptors (Lipinski definition) is 3. The zero-order chi connectivity index (χ0) is 10.6. The molecule has 1 aromatic carbocycles. The molecule has 0 amide bonds. The SMILES string of the molecule is COC(=O)C(F)c1ccccc1OC. The Labute approximate surface area is 81.4 Å². The zero-order valence-electron chi connectivity index (χ0n) is 7.99. The highest BCUT2D eigenvalue weighted by molar-refractivity contribution is 5.77. The number of methoxy groups -OCH3 is 2. The molecule has 1 rings (SSSR count). The maximum atomic E-state index is 13.4. The summed E-state index contributed by atoms with van der Waals surface area (Å²) in [5.41, 5.74) is 0.182. The Balaban J connectivity index is 2.99. The van der Waals surface area contributed by atoms with Crippen LogP contribution in [0.4, 0.5) is 4.39 Å². The van der Waals surface area contributed by atoms with E-state index in [1.165, 1.54) is 13.2 Å². The van der Waals surface area contributed by atoms with Gasteiger partial charge in [-0.15, -0.1) is 0 Å². The molecular weight excluding hydrogens is 187 g/mol. The molecule has 1 atom stereocenters. The van der Waals surface area contributed by atoms with Gasteiger partial charge in [-0.25, -0.2) is 9.18 Å². The Morgan fingerprint density at radius 2 is 2.00 bits per heavy atom. The van der Waals surface area contributed by atoms with Crippen LogP contribution in [0.5, 0.6) is 5.75 Å². The van der Waals surface area contributed by atoms with Crippen molar-refractivity contribution in [2.75, 3.05) is 14.2 Å². The number of benzene rings is 1. The van der Waals surface area contributed by atoms with Gasteiger partial charge in [0.1, 0.15) is 5.75 Å². The number of para-hydroxylation sites is 1. The van der Waals surface area contributed by atoms with E-state index in [0.29, 0.717) is 5.75 Å². The van der Waals surface area contributed by atoms with E-state index in [1.807, 2.05) is 0 Å². The number of rotatable bonds is 3. The minimum atomic E-state index is -1.80. The third-order valence-corrected chi connectivity index (χ3v) is 1.82. The molecule has 0 bridgehead atoms. The van der Waals surface area contributed by atoms with Crippen LogP contribution >= 0.6 is 0 Å². The molecule has 0 aliphatic heterocycles. The Hall–Kier alpha value is -1.58. The van der Waals surface area contributed by atoms with Crippen molar-refractivity contribution in [1.82, 2.24) is 0 Å². The van der Waals surface area contributed by atoms with E-state index in [2.05, 4.69) is 4.74 Å². The van der Waals surface area contributed by atoms with Gasteiger partial charge in [-0.1, -0.05) is 18.2 Å². The lowest BCUT2D eigenvalue weighted by molar-refractivity contribution is -0.146. The molecule has 0 saturated heterocycles. The molecule has 0 aliphatic carbocycles. The van der Waals surface area contributed by atoms with Crippen LogP contribution in [0.2, 0.25) is 0 Å². The second-order valence-electron chi connectivity index (χ2n) is 2.63. The van der Waals surface area contributed by atoms with Crippen molar-refractivity contribution < 1.29 is 18.7 Å². The van der Waals surface area contributed by atoms with Crippen molar-refractivity contribution in [1.29, 1.82) is 0 Å². The fourth-order valence-corrected chi connectivity index (χ4v) is 1.11. The van der Waals surface area contributed by atoms with Gasteiger partial charge in [0.25, 0.3) is 0 Å². The van der Waals surface area contributed by atoms with Crippen LogP contribution in [0.25, 0.3) is 0 Å². The van der Waals surface area contributed by atoms with Crippen LogP contribution in [0.3, 0.4) is 0 Å². The fourth-order valence-electron chi connectivity index (χ4n) is 1.11. The molecule has 76 valence electrons. The average Bonchev–Trinajstić information content (AvgIpc) is 2.26. The molecule has 0 radical (unpaired) electrons. The van der Waals surface area contributed by atoms with E-state index >= 15 is 0 Å². The van der Waals surface area contributed by atoms with Crippen LogP contribution < -0.4 is 4.74 Å². The topological polar surface area (TPSA) is 35.5 Å². The molecule has 4 heteroatoms. The second kappa shape index (κ2) is 4.60. The highest BCUT2D eigenvalue weighted by atomic mass is 19.1. The van der Waals surface area contributed by atoms with Crippen molar-refractivity contribution in [2.45, 2.75) is 6.17 Å². The standard InChI is InChI=1S/C10H11FO3/c1-13-8-6-4-3-5-7(8)9(11)10(12)14-2/h3-6,9H,1-2H3. The number of esters is 1. The van der Waals surface area contributed by atoms with E-state index in [-0.39, 0.29) is 5.56 Å². The number of ether oxygens (including phenoxy) is 2. The monoisotopic (exact) mass is 198 g/mol. The minimum Gasteiger partial charge on any atom is -0.496 e. The molecule has 0 aliphatic rings. The maximum absolute atomic E-state index is 13.4. The highest BCUT2D eigenvalue weighted by Crippen LogP contribution is 2.27. The Morgan fingerprint density at radius 3 is 2.57 bits per heavy atom. The first-order valence-corrected chi connectivity index (χ1v) is 4.05. The van der Waals surface area contributed by atoms with E-state index in [0.717, 1.165) is 7.11 Å². The number of carbonyl (C=O) groups is 1. The maximum Gasteiger partial charge on any atom is 0.345 e. The van der Waals surface area contributed by atoms with Crippen molar-refractivity contribution in [3.63, 3.8) is 0 Å². The molecule has 0 N–H and O–H groups in total. The molecule has 0 fully saturated rings. The van der Waals surface area contributed by atoms with Crippen molar-refractivity contribution in [2.24, 2.45) is 0 Å². The van der Waals surface area contributed by atoms with Gasteiger partial charge in [-0.2, -0.15) is 0 Å². The summed E-state index contributed by atoms with van der Waals surface area (Å²) in [5.74, 6) is -0.583. The first kappa shape index (κ1) is 10.5. The first-order valence-electron chi connectivity index (χ1n) is 4.05. The van der Waals surface area contributed by atoms with E-state index in [1.54, 1.807) is 18.2 Å². The van der Waals surface area contributed by atoms with Crippen LogP contribution in [0.1, 0.15) is 11.7 Å². The van der Waals surface area contributed by atoms with Gasteiger partial charge >= 0.3 is 5.97 Å². The molecule has 3 nitrogen and oxygen atoms in total. The van der Waals surface area contributed by atoms with Crippen LogP contribution in [0.15, 0.2) is 24.3 Å². The summed E-state index contributed by atoms with van der Waals surface area (Å²) in [6, 6.07) is 6.41. The number of alkyl halides is 1. The average molecular weight is 198 g/mol. The molecule has 1 aromatic rings. The molecule has 0 aromatic heterocycles. The largest absolute Gasteiger partial charge is 0.496 e. The summed E-state index contributed by atoms with van der Waals surface area (Å²) in [7, 11) is 2.56. The third kappa shape index (κ3) is 2.02. The normalized spacial score (nSPS) is 11.9. The quantitative estimate of drug-likeness (QED) is 0.695. The van der Waals surface area contributed by atoms with E-state index < -0.39 is 12.1 Å². The van der Waals surface area contributed by atoms with Gasteiger partial charge < -0.3 is 9.47 Å². The van der Waals surface area contributed by atoms with Crippen molar-refractivity contribution in [3.05, 3.63) is 29.8 Å². The Morgan fingerprint density at radius 1 is 1.36 bits per heavy atom. The summed E-state index contributed by atoms with van der Waals surface area (Å²) in [4.78, 5) is 10.9.